The van der Waals surface area contributed by atoms with Crippen LogP contribution in [0, 0.1) is 6.92 Å². The maximum absolute atomic E-state index is 5.96. The average Bonchev–Trinajstić information content (AvgIpc) is 3.31. The molecule has 0 unspecified atom stereocenters. The summed E-state index contributed by atoms with van der Waals surface area (Å²) in [5.74, 6) is 1.37. The average molecular weight is 413 g/mol. The van der Waals surface area contributed by atoms with Gasteiger partial charge in [0.15, 0.2) is 11.5 Å². The molecule has 0 atom stereocenters. The highest BCUT2D eigenvalue weighted by molar-refractivity contribution is 7.09. The van der Waals surface area contributed by atoms with E-state index in [4.69, 9.17) is 16.3 Å². The number of nitrogens with zero attached hydrogens (tertiary/aromatic N) is 5. The number of hydrogen-bond acceptors (Lipinski definition) is 7. The van der Waals surface area contributed by atoms with Gasteiger partial charge in [-0.25, -0.2) is 4.68 Å². The van der Waals surface area contributed by atoms with Crippen LogP contribution in [-0.2, 0) is 0 Å². The monoisotopic (exact) mass is 412 g/mol. The minimum atomic E-state index is 0.538. The highest BCUT2D eigenvalue weighted by Crippen LogP contribution is 2.26. The van der Waals surface area contributed by atoms with Crippen molar-refractivity contribution in [3.63, 3.8) is 0 Å². The molecule has 2 aromatic heterocycles. The van der Waals surface area contributed by atoms with Crippen molar-refractivity contribution in [1.82, 2.24) is 24.4 Å². The molecule has 0 amide bonds. The number of ether oxygens (including phenoxy) is 1. The predicted molar refractivity (Wildman–Crippen MR) is 111 cm³/mol. The third-order valence-electron chi connectivity index (χ3n) is 4.02. The summed E-state index contributed by atoms with van der Waals surface area (Å²) < 4.78 is 11.6. The van der Waals surface area contributed by atoms with Crippen LogP contribution in [0.4, 0.5) is 10.8 Å². The molecule has 28 heavy (non-hydrogen) atoms. The van der Waals surface area contributed by atoms with Gasteiger partial charge < -0.3 is 10.1 Å². The quantitative estimate of drug-likeness (QED) is 0.485. The van der Waals surface area contributed by atoms with Crippen LogP contribution in [0.3, 0.4) is 0 Å². The number of aromatic nitrogens is 5. The van der Waals surface area contributed by atoms with Crippen molar-refractivity contribution < 1.29 is 4.74 Å². The van der Waals surface area contributed by atoms with Gasteiger partial charge in [-0.2, -0.15) is 9.36 Å². The lowest BCUT2D eigenvalue weighted by Crippen LogP contribution is -1.98. The van der Waals surface area contributed by atoms with Crippen LogP contribution in [0.5, 0.6) is 5.75 Å². The van der Waals surface area contributed by atoms with E-state index in [0.717, 1.165) is 22.8 Å². The van der Waals surface area contributed by atoms with Crippen LogP contribution >= 0.6 is 23.1 Å². The first-order valence-electron chi connectivity index (χ1n) is 8.66. The van der Waals surface area contributed by atoms with Crippen molar-refractivity contribution in [3.05, 3.63) is 59.2 Å². The standard InChI is InChI=1S/C19H17ClN6OS/c1-3-27-16-10-6-14(7-11-16)21-19-22-18(24-28-19)17-12(2)26(25-23-17)15-8-4-13(20)5-9-15/h4-11H,3H2,1-2H3,(H,21,22,24). The van der Waals surface area contributed by atoms with Crippen LogP contribution in [0.2, 0.25) is 5.02 Å². The van der Waals surface area contributed by atoms with E-state index in [-0.39, 0.29) is 0 Å². The van der Waals surface area contributed by atoms with Crippen molar-refractivity contribution >= 4 is 34.0 Å². The van der Waals surface area contributed by atoms with E-state index in [1.807, 2.05) is 62.4 Å². The fraction of sp³-hybridized carbons (Fsp3) is 0.158. The number of rotatable bonds is 6. The predicted octanol–water partition coefficient (Wildman–Crippen LogP) is 4.89. The van der Waals surface area contributed by atoms with Gasteiger partial charge in [-0.1, -0.05) is 16.8 Å². The van der Waals surface area contributed by atoms with Crippen molar-refractivity contribution in [1.29, 1.82) is 0 Å². The molecule has 4 aromatic rings. The van der Waals surface area contributed by atoms with Crippen LogP contribution < -0.4 is 10.1 Å². The fourth-order valence-electron chi connectivity index (χ4n) is 2.66. The Labute approximate surface area is 171 Å². The smallest absolute Gasteiger partial charge is 0.207 e. The van der Waals surface area contributed by atoms with Crippen LogP contribution in [-0.4, -0.2) is 31.0 Å². The molecule has 2 heterocycles. The summed E-state index contributed by atoms with van der Waals surface area (Å²) in [7, 11) is 0. The normalized spacial score (nSPS) is 10.8. The maximum Gasteiger partial charge on any atom is 0.207 e. The molecular weight excluding hydrogens is 396 g/mol. The molecule has 0 fully saturated rings. The first-order valence-corrected chi connectivity index (χ1v) is 9.81. The second-order valence-electron chi connectivity index (χ2n) is 5.92. The lowest BCUT2D eigenvalue weighted by molar-refractivity contribution is 0.340. The van der Waals surface area contributed by atoms with Gasteiger partial charge in [0, 0.05) is 22.2 Å². The van der Waals surface area contributed by atoms with Crippen LogP contribution in [0.1, 0.15) is 12.6 Å². The summed E-state index contributed by atoms with van der Waals surface area (Å²) in [5, 5.41) is 13.1. The molecule has 0 bridgehead atoms. The lowest BCUT2D eigenvalue weighted by Gasteiger charge is -2.05. The minimum absolute atomic E-state index is 0.538. The van der Waals surface area contributed by atoms with Gasteiger partial charge in [-0.05, 0) is 62.4 Å². The molecule has 0 radical (unpaired) electrons. The highest BCUT2D eigenvalue weighted by Gasteiger charge is 2.16. The molecule has 0 spiro atoms. The second-order valence-corrected chi connectivity index (χ2v) is 7.11. The molecule has 1 N–H and O–H groups in total. The number of nitrogens with one attached hydrogen (secondary N) is 1. The van der Waals surface area contributed by atoms with Gasteiger partial charge in [0.1, 0.15) is 5.75 Å². The Morgan fingerprint density at radius 2 is 1.86 bits per heavy atom. The molecule has 0 saturated heterocycles. The molecule has 9 heteroatoms. The van der Waals surface area contributed by atoms with Gasteiger partial charge in [0.25, 0.3) is 0 Å². The Kier molecular flexibility index (Phi) is 5.23. The second kappa shape index (κ2) is 7.95. The molecule has 142 valence electrons. The topological polar surface area (TPSA) is 77.8 Å². The Hall–Kier alpha value is -2.97. The number of halogens is 1. The van der Waals surface area contributed by atoms with Gasteiger partial charge in [0.05, 0.1) is 18.0 Å². The molecule has 0 saturated carbocycles. The summed E-state index contributed by atoms with van der Waals surface area (Å²) in [6.07, 6.45) is 0. The lowest BCUT2D eigenvalue weighted by atomic mass is 10.3. The van der Waals surface area contributed by atoms with E-state index in [9.17, 15) is 0 Å². The highest BCUT2D eigenvalue weighted by atomic mass is 35.5. The molecule has 0 aliphatic heterocycles. The van der Waals surface area contributed by atoms with Gasteiger partial charge in [-0.3, -0.25) is 0 Å². The van der Waals surface area contributed by atoms with E-state index in [0.29, 0.717) is 28.3 Å². The summed E-state index contributed by atoms with van der Waals surface area (Å²) >= 11 is 7.23. The third kappa shape index (κ3) is 3.83. The summed E-state index contributed by atoms with van der Waals surface area (Å²) in [5.41, 5.74) is 3.29. The summed E-state index contributed by atoms with van der Waals surface area (Å²) in [4.78, 5) is 4.54. The van der Waals surface area contributed by atoms with E-state index < -0.39 is 0 Å². The van der Waals surface area contributed by atoms with Crippen molar-refractivity contribution in [2.24, 2.45) is 0 Å². The SMILES string of the molecule is CCOc1ccc(Nc2nc(-c3nnn(-c4ccc(Cl)cc4)c3C)ns2)cc1. The molecule has 7 nitrogen and oxygen atoms in total. The fourth-order valence-corrected chi connectivity index (χ4v) is 3.38. The Morgan fingerprint density at radius 3 is 2.57 bits per heavy atom. The summed E-state index contributed by atoms with van der Waals surface area (Å²) in [6, 6.07) is 15.1. The van der Waals surface area contributed by atoms with Crippen LogP contribution in [0.25, 0.3) is 17.2 Å². The molecule has 0 aliphatic rings. The Balaban J connectivity index is 1.53. The zero-order valence-corrected chi connectivity index (χ0v) is 16.8. The third-order valence-corrected chi connectivity index (χ3v) is 4.90. The zero-order chi connectivity index (χ0) is 19.5. The minimum Gasteiger partial charge on any atom is -0.494 e. The van der Waals surface area contributed by atoms with E-state index in [1.165, 1.54) is 11.5 Å². The van der Waals surface area contributed by atoms with Gasteiger partial charge >= 0.3 is 0 Å². The molecule has 0 aliphatic carbocycles. The maximum atomic E-state index is 5.96. The molecular formula is C19H17ClN6OS. The first-order chi connectivity index (χ1) is 13.6. The zero-order valence-electron chi connectivity index (χ0n) is 15.3. The van der Waals surface area contributed by atoms with Gasteiger partial charge in [-0.15, -0.1) is 5.10 Å². The Morgan fingerprint density at radius 1 is 1.11 bits per heavy atom. The number of hydrogen-bond donors (Lipinski definition) is 1. The number of benzene rings is 2. The van der Waals surface area contributed by atoms with Crippen molar-refractivity contribution in [3.8, 4) is 23.0 Å². The van der Waals surface area contributed by atoms with E-state index in [1.54, 1.807) is 4.68 Å². The molecule has 4 rings (SSSR count). The molecule has 2 aromatic carbocycles. The summed E-state index contributed by atoms with van der Waals surface area (Å²) in [6.45, 7) is 4.53. The van der Waals surface area contributed by atoms with Gasteiger partial charge in [0.2, 0.25) is 5.13 Å². The van der Waals surface area contributed by atoms with Crippen LogP contribution in [0.15, 0.2) is 48.5 Å². The van der Waals surface area contributed by atoms with E-state index in [2.05, 4.69) is 25.0 Å². The first kappa shape index (κ1) is 18.4. The van der Waals surface area contributed by atoms with Crippen molar-refractivity contribution in [2.45, 2.75) is 13.8 Å². The number of anilines is 2. The van der Waals surface area contributed by atoms with Crippen molar-refractivity contribution in [2.75, 3.05) is 11.9 Å². The van der Waals surface area contributed by atoms with E-state index >= 15 is 0 Å². The Bertz CT molecular complexity index is 1070. The largest absolute Gasteiger partial charge is 0.494 e.